The van der Waals surface area contributed by atoms with Gasteiger partial charge in [0.2, 0.25) is 0 Å². The van der Waals surface area contributed by atoms with Crippen LogP contribution in [0.1, 0.15) is 30.4 Å². The van der Waals surface area contributed by atoms with Crippen molar-refractivity contribution in [2.24, 2.45) is 0 Å². The third-order valence-corrected chi connectivity index (χ3v) is 3.69. The molecule has 0 spiro atoms. The summed E-state index contributed by atoms with van der Waals surface area (Å²) in [5.74, 6) is 0.991. The molecule has 0 radical (unpaired) electrons. The Kier molecular flexibility index (Phi) is 4.86. The maximum Gasteiger partial charge on any atom is 0.123 e. The van der Waals surface area contributed by atoms with Crippen LogP contribution in [0, 0.1) is 6.92 Å². The average molecular weight is 299 g/mol. The van der Waals surface area contributed by atoms with Crippen LogP contribution in [0.2, 0.25) is 0 Å². The second-order valence-corrected chi connectivity index (χ2v) is 5.08. The van der Waals surface area contributed by atoms with Crippen LogP contribution in [-0.4, -0.2) is 19.3 Å². The summed E-state index contributed by atoms with van der Waals surface area (Å²) >= 11 is 3.50. The molecule has 1 unspecified atom stereocenters. The highest BCUT2D eigenvalue weighted by molar-refractivity contribution is 9.08. The Labute approximate surface area is 111 Å². The van der Waals surface area contributed by atoms with Crippen LogP contribution in [0.5, 0.6) is 5.75 Å². The number of ether oxygens (including phenoxy) is 2. The molecule has 17 heavy (non-hydrogen) atoms. The summed E-state index contributed by atoms with van der Waals surface area (Å²) < 4.78 is 11.4. The molecule has 0 N–H and O–H groups in total. The topological polar surface area (TPSA) is 18.5 Å². The lowest BCUT2D eigenvalue weighted by molar-refractivity contribution is 0.0902. The van der Waals surface area contributed by atoms with E-state index in [1.807, 2.05) is 0 Å². The Bertz CT molecular complexity index is 359. The normalized spacial score (nSPS) is 19.5. The summed E-state index contributed by atoms with van der Waals surface area (Å²) in [7, 11) is 0. The first-order chi connectivity index (χ1) is 8.29. The highest BCUT2D eigenvalue weighted by atomic mass is 79.9. The molecule has 2 nitrogen and oxygen atoms in total. The number of alkyl halides is 1. The zero-order chi connectivity index (χ0) is 12.1. The van der Waals surface area contributed by atoms with Gasteiger partial charge in [-0.15, -0.1) is 0 Å². The van der Waals surface area contributed by atoms with Gasteiger partial charge in [-0.2, -0.15) is 0 Å². The first-order valence-electron chi connectivity index (χ1n) is 6.19. The lowest BCUT2D eigenvalue weighted by Crippen LogP contribution is -2.11. The van der Waals surface area contributed by atoms with Gasteiger partial charge in [0.1, 0.15) is 5.75 Å². The molecule has 1 aromatic rings. The Hall–Kier alpha value is -0.540. The minimum atomic E-state index is 0.410. The SMILES string of the molecule is Cc1ccc(OCCC2CCCO2)c(CBr)c1. The van der Waals surface area contributed by atoms with Crippen LogP contribution in [-0.2, 0) is 10.1 Å². The van der Waals surface area contributed by atoms with E-state index in [2.05, 4.69) is 41.1 Å². The molecule has 0 saturated carbocycles. The number of halogens is 1. The molecule has 0 aromatic heterocycles. The van der Waals surface area contributed by atoms with Gasteiger partial charge < -0.3 is 9.47 Å². The summed E-state index contributed by atoms with van der Waals surface area (Å²) in [6.07, 6.45) is 3.79. The predicted molar refractivity (Wildman–Crippen MR) is 72.9 cm³/mol. The average Bonchev–Trinajstić information content (AvgIpc) is 2.84. The van der Waals surface area contributed by atoms with Crippen LogP contribution in [0.25, 0.3) is 0 Å². The zero-order valence-corrected chi connectivity index (χ0v) is 11.8. The minimum Gasteiger partial charge on any atom is -0.493 e. The van der Waals surface area contributed by atoms with Crippen molar-refractivity contribution >= 4 is 15.9 Å². The molecule has 1 aromatic carbocycles. The lowest BCUT2D eigenvalue weighted by Gasteiger charge is -2.13. The zero-order valence-electron chi connectivity index (χ0n) is 10.2. The van der Waals surface area contributed by atoms with Crippen molar-refractivity contribution < 1.29 is 9.47 Å². The lowest BCUT2D eigenvalue weighted by atomic mass is 10.1. The number of benzene rings is 1. The highest BCUT2D eigenvalue weighted by Crippen LogP contribution is 2.23. The van der Waals surface area contributed by atoms with E-state index in [1.54, 1.807) is 0 Å². The van der Waals surface area contributed by atoms with E-state index in [4.69, 9.17) is 9.47 Å². The summed E-state index contributed by atoms with van der Waals surface area (Å²) in [4.78, 5) is 0. The second-order valence-electron chi connectivity index (χ2n) is 4.52. The Morgan fingerprint density at radius 1 is 1.47 bits per heavy atom. The predicted octanol–water partition coefficient (Wildman–Crippen LogP) is 3.84. The van der Waals surface area contributed by atoms with E-state index in [0.29, 0.717) is 6.10 Å². The molecule has 2 rings (SSSR count). The fourth-order valence-corrected chi connectivity index (χ4v) is 2.56. The number of hydrogen-bond acceptors (Lipinski definition) is 2. The van der Waals surface area contributed by atoms with Crippen molar-refractivity contribution in [1.82, 2.24) is 0 Å². The molecule has 1 aliphatic rings. The van der Waals surface area contributed by atoms with Gasteiger partial charge in [-0.3, -0.25) is 0 Å². The van der Waals surface area contributed by atoms with E-state index in [9.17, 15) is 0 Å². The van der Waals surface area contributed by atoms with Gasteiger partial charge in [-0.25, -0.2) is 0 Å². The Balaban J connectivity index is 1.85. The van der Waals surface area contributed by atoms with Crippen molar-refractivity contribution in [3.05, 3.63) is 29.3 Å². The number of hydrogen-bond donors (Lipinski definition) is 0. The van der Waals surface area contributed by atoms with Gasteiger partial charge in [-0.05, 0) is 25.8 Å². The molecule has 1 aliphatic heterocycles. The Morgan fingerprint density at radius 2 is 2.35 bits per heavy atom. The molecular weight excluding hydrogens is 280 g/mol. The van der Waals surface area contributed by atoms with Gasteiger partial charge in [0, 0.05) is 23.9 Å². The number of aryl methyl sites for hydroxylation is 1. The quantitative estimate of drug-likeness (QED) is 0.769. The molecular formula is C14H19BrO2. The van der Waals surface area contributed by atoms with E-state index >= 15 is 0 Å². The van der Waals surface area contributed by atoms with Crippen LogP contribution in [0.4, 0.5) is 0 Å². The third kappa shape index (κ3) is 3.71. The van der Waals surface area contributed by atoms with Gasteiger partial charge in [-0.1, -0.05) is 33.6 Å². The largest absolute Gasteiger partial charge is 0.493 e. The monoisotopic (exact) mass is 298 g/mol. The molecule has 1 fully saturated rings. The molecule has 1 saturated heterocycles. The van der Waals surface area contributed by atoms with Gasteiger partial charge in [0.25, 0.3) is 0 Å². The van der Waals surface area contributed by atoms with E-state index in [1.165, 1.54) is 24.0 Å². The minimum absolute atomic E-state index is 0.410. The second kappa shape index (κ2) is 6.41. The summed E-state index contributed by atoms with van der Waals surface area (Å²) in [6, 6.07) is 6.31. The van der Waals surface area contributed by atoms with Crippen molar-refractivity contribution in [3.8, 4) is 5.75 Å². The van der Waals surface area contributed by atoms with Gasteiger partial charge >= 0.3 is 0 Å². The van der Waals surface area contributed by atoms with E-state index in [0.717, 1.165) is 30.7 Å². The van der Waals surface area contributed by atoms with Crippen molar-refractivity contribution in [2.75, 3.05) is 13.2 Å². The first kappa shape index (κ1) is 12.9. The molecule has 0 bridgehead atoms. The van der Waals surface area contributed by atoms with Crippen LogP contribution < -0.4 is 4.74 Å². The number of rotatable bonds is 5. The summed E-state index contributed by atoms with van der Waals surface area (Å²) in [5.41, 5.74) is 2.49. The van der Waals surface area contributed by atoms with E-state index in [-0.39, 0.29) is 0 Å². The van der Waals surface area contributed by atoms with E-state index < -0.39 is 0 Å². The van der Waals surface area contributed by atoms with Crippen molar-refractivity contribution in [2.45, 2.75) is 37.6 Å². The van der Waals surface area contributed by atoms with Crippen LogP contribution in [0.15, 0.2) is 18.2 Å². The molecule has 1 atom stereocenters. The van der Waals surface area contributed by atoms with Crippen molar-refractivity contribution in [1.29, 1.82) is 0 Å². The van der Waals surface area contributed by atoms with Crippen LogP contribution in [0.3, 0.4) is 0 Å². The highest BCUT2D eigenvalue weighted by Gasteiger charge is 2.15. The van der Waals surface area contributed by atoms with Gasteiger partial charge in [0.05, 0.1) is 12.7 Å². The smallest absolute Gasteiger partial charge is 0.123 e. The molecule has 0 aliphatic carbocycles. The standard InChI is InChI=1S/C14H19BrO2/c1-11-4-5-14(12(9-11)10-15)17-8-6-13-3-2-7-16-13/h4-5,9,13H,2-3,6-8,10H2,1H3. The maximum atomic E-state index is 5.83. The Morgan fingerprint density at radius 3 is 3.06 bits per heavy atom. The molecule has 94 valence electrons. The van der Waals surface area contributed by atoms with Crippen molar-refractivity contribution in [3.63, 3.8) is 0 Å². The fourth-order valence-electron chi connectivity index (χ4n) is 2.13. The molecule has 3 heteroatoms. The fraction of sp³-hybridized carbons (Fsp3) is 0.571. The molecule has 0 amide bonds. The maximum absolute atomic E-state index is 5.83. The summed E-state index contributed by atoms with van der Waals surface area (Å²) in [6.45, 7) is 3.76. The summed E-state index contributed by atoms with van der Waals surface area (Å²) in [5, 5.41) is 0.837. The van der Waals surface area contributed by atoms with Crippen LogP contribution >= 0.6 is 15.9 Å². The first-order valence-corrected chi connectivity index (χ1v) is 7.31. The molecule has 1 heterocycles. The van der Waals surface area contributed by atoms with Gasteiger partial charge in [0.15, 0.2) is 0 Å². The third-order valence-electron chi connectivity index (χ3n) is 3.08.